The van der Waals surface area contributed by atoms with Gasteiger partial charge in [-0.15, -0.1) is 0 Å². The summed E-state index contributed by atoms with van der Waals surface area (Å²) in [6.07, 6.45) is 13.7. The second kappa shape index (κ2) is 3.39. The van der Waals surface area contributed by atoms with Gasteiger partial charge in [0.15, 0.2) is 0 Å². The molecule has 2 rings (SSSR count). The van der Waals surface area contributed by atoms with Crippen LogP contribution >= 0.6 is 0 Å². The molecule has 0 nitrogen and oxygen atoms in total. The monoisotopic (exact) mass is 257 g/mol. The quantitative estimate of drug-likeness (QED) is 0.599. The van der Waals surface area contributed by atoms with Gasteiger partial charge in [0.25, 0.3) is 0 Å². The molecule has 0 aliphatic heterocycles. The van der Waals surface area contributed by atoms with E-state index in [1.54, 1.807) is 9.15 Å². The molecule has 0 aromatic carbocycles. The third kappa shape index (κ3) is 1.83. The molecule has 0 spiro atoms. The first kappa shape index (κ1) is 7.35. The van der Waals surface area contributed by atoms with E-state index in [4.69, 9.17) is 0 Å². The molecule has 0 aromatic rings. The topological polar surface area (TPSA) is 0 Å². The van der Waals surface area contributed by atoms with Crippen LogP contribution in [0, 0.1) is 0 Å². The van der Waals surface area contributed by atoms with Crippen LogP contribution in [0.4, 0.5) is 0 Å². The first-order valence-electron chi connectivity index (χ1n) is 3.81. The van der Waals surface area contributed by atoms with E-state index in [9.17, 15) is 0 Å². The first-order valence-corrected chi connectivity index (χ1v) is 6.13. The third-order valence-corrected chi connectivity index (χ3v) is 4.36. The van der Waals surface area contributed by atoms with E-state index in [1.165, 1.54) is 6.42 Å². The SMILES string of the molecule is C1=CC([I-]/C=C2\C=CC2)=CC1. The van der Waals surface area contributed by atoms with Crippen molar-refractivity contribution < 1.29 is 21.2 Å². The number of hydrogen-bond acceptors (Lipinski definition) is 0. The van der Waals surface area contributed by atoms with Gasteiger partial charge >= 0.3 is 77.7 Å². The average molecular weight is 257 g/mol. The second-order valence-corrected chi connectivity index (χ2v) is 5.12. The number of rotatable bonds is 2. The van der Waals surface area contributed by atoms with Gasteiger partial charge in [-0.3, -0.25) is 0 Å². The molecular weight excluding hydrogens is 247 g/mol. The molecule has 58 valence electrons. The van der Waals surface area contributed by atoms with Crippen molar-refractivity contribution in [1.29, 1.82) is 0 Å². The average Bonchev–Trinajstić information content (AvgIpc) is 2.36. The van der Waals surface area contributed by atoms with Gasteiger partial charge in [-0.2, -0.15) is 0 Å². The van der Waals surface area contributed by atoms with E-state index < -0.39 is 0 Å². The van der Waals surface area contributed by atoms with Crippen LogP contribution in [0.2, 0.25) is 0 Å². The molecule has 0 unspecified atom stereocenters. The predicted octanol–water partition coefficient (Wildman–Crippen LogP) is -0.237. The molecule has 0 saturated heterocycles. The van der Waals surface area contributed by atoms with Crippen molar-refractivity contribution >= 4 is 0 Å². The summed E-state index contributed by atoms with van der Waals surface area (Å²) < 4.78 is 4.01. The molecule has 0 amide bonds. The minimum absolute atomic E-state index is 0.187. The van der Waals surface area contributed by atoms with Gasteiger partial charge in [-0.05, 0) is 0 Å². The molecule has 0 saturated carbocycles. The van der Waals surface area contributed by atoms with E-state index in [2.05, 4.69) is 34.5 Å². The molecule has 0 N–H and O–H groups in total. The fourth-order valence-corrected chi connectivity index (χ4v) is 3.17. The van der Waals surface area contributed by atoms with Crippen LogP contribution in [0.5, 0.6) is 0 Å². The summed E-state index contributed by atoms with van der Waals surface area (Å²) in [7, 11) is 0. The summed E-state index contributed by atoms with van der Waals surface area (Å²) in [5, 5.41) is 0. The van der Waals surface area contributed by atoms with Crippen molar-refractivity contribution in [2.24, 2.45) is 0 Å². The normalized spacial score (nSPS) is 24.4. The number of halogens is 1. The summed E-state index contributed by atoms with van der Waals surface area (Å²) in [4.78, 5) is 0. The van der Waals surface area contributed by atoms with Crippen molar-refractivity contribution in [3.8, 4) is 0 Å². The Hall–Kier alpha value is -0.310. The zero-order chi connectivity index (χ0) is 7.52. The van der Waals surface area contributed by atoms with Gasteiger partial charge in [-0.1, -0.05) is 0 Å². The minimum atomic E-state index is 0.187. The maximum atomic E-state index is 2.43. The molecule has 0 fully saturated rings. The Morgan fingerprint density at radius 3 is 2.73 bits per heavy atom. The molecule has 2 aliphatic rings. The second-order valence-electron chi connectivity index (χ2n) is 2.63. The zero-order valence-electron chi connectivity index (χ0n) is 6.26. The molecule has 11 heavy (non-hydrogen) atoms. The van der Waals surface area contributed by atoms with Crippen LogP contribution in [0.3, 0.4) is 0 Å². The maximum absolute atomic E-state index is 2.43. The van der Waals surface area contributed by atoms with E-state index in [0.717, 1.165) is 6.42 Å². The van der Waals surface area contributed by atoms with Gasteiger partial charge < -0.3 is 0 Å². The Kier molecular flexibility index (Phi) is 2.26. The van der Waals surface area contributed by atoms with Crippen LogP contribution in [0.25, 0.3) is 0 Å². The number of allylic oxidation sites excluding steroid dienone is 7. The summed E-state index contributed by atoms with van der Waals surface area (Å²) in [6, 6.07) is 0. The van der Waals surface area contributed by atoms with Gasteiger partial charge in [0, 0.05) is 0 Å². The fourth-order valence-electron chi connectivity index (χ4n) is 0.978. The van der Waals surface area contributed by atoms with Gasteiger partial charge in [-0.25, -0.2) is 0 Å². The van der Waals surface area contributed by atoms with Crippen molar-refractivity contribution in [3.05, 3.63) is 43.6 Å². The number of hydrogen-bond donors (Lipinski definition) is 0. The molecule has 0 aromatic heterocycles. The molecule has 0 radical (unpaired) electrons. The van der Waals surface area contributed by atoms with Crippen LogP contribution in [0.15, 0.2) is 43.6 Å². The Morgan fingerprint density at radius 1 is 1.27 bits per heavy atom. The van der Waals surface area contributed by atoms with Gasteiger partial charge in [0.05, 0.1) is 0 Å². The van der Waals surface area contributed by atoms with Crippen LogP contribution in [-0.2, 0) is 0 Å². The Morgan fingerprint density at radius 2 is 2.18 bits per heavy atom. The van der Waals surface area contributed by atoms with Crippen LogP contribution < -0.4 is 21.2 Å². The molecule has 0 heterocycles. The summed E-state index contributed by atoms with van der Waals surface area (Å²) in [5.41, 5.74) is 1.54. The van der Waals surface area contributed by atoms with Crippen molar-refractivity contribution in [3.63, 3.8) is 0 Å². The fraction of sp³-hybridized carbons (Fsp3) is 0.200. The van der Waals surface area contributed by atoms with E-state index >= 15 is 0 Å². The molecule has 2 aliphatic carbocycles. The molecular formula is C10H10I-. The van der Waals surface area contributed by atoms with Gasteiger partial charge in [0.2, 0.25) is 0 Å². The Balaban J connectivity index is 1.91. The Bertz CT molecular complexity index is 267. The first-order chi connectivity index (χ1) is 5.45. The van der Waals surface area contributed by atoms with E-state index in [1.807, 2.05) is 0 Å². The van der Waals surface area contributed by atoms with Crippen molar-refractivity contribution in [2.45, 2.75) is 12.8 Å². The van der Waals surface area contributed by atoms with Gasteiger partial charge in [0.1, 0.15) is 0 Å². The van der Waals surface area contributed by atoms with Crippen molar-refractivity contribution in [2.75, 3.05) is 0 Å². The van der Waals surface area contributed by atoms with Crippen LogP contribution in [0.1, 0.15) is 12.8 Å². The molecule has 0 bridgehead atoms. The van der Waals surface area contributed by atoms with Crippen LogP contribution in [-0.4, -0.2) is 0 Å². The zero-order valence-corrected chi connectivity index (χ0v) is 8.41. The summed E-state index contributed by atoms with van der Waals surface area (Å²) in [5.74, 6) is 0. The Labute approximate surface area is 77.6 Å². The standard InChI is InChI=1S/C10H10I/c1-2-7-10(6-1)11-8-9-4-3-5-9/h1,3-4,6-8H,2,5H2/q-1/b9-8+. The van der Waals surface area contributed by atoms with E-state index in [0.29, 0.717) is 0 Å². The van der Waals surface area contributed by atoms with Crippen molar-refractivity contribution in [1.82, 2.24) is 0 Å². The van der Waals surface area contributed by atoms with E-state index in [-0.39, 0.29) is 21.2 Å². The predicted molar refractivity (Wildman–Crippen MR) is 43.7 cm³/mol. The summed E-state index contributed by atoms with van der Waals surface area (Å²) >= 11 is 0.187. The summed E-state index contributed by atoms with van der Waals surface area (Å²) in [6.45, 7) is 0. The molecule has 1 heteroatoms. The molecule has 0 atom stereocenters. The third-order valence-electron chi connectivity index (χ3n) is 1.73.